The zero-order valence-electron chi connectivity index (χ0n) is 17.5. The Morgan fingerprint density at radius 1 is 1.32 bits per heavy atom. The second-order valence-electron chi connectivity index (χ2n) is 8.06. The van der Waals surface area contributed by atoms with E-state index < -0.39 is 0 Å². The zero-order chi connectivity index (χ0) is 19.9. The average Bonchev–Trinajstić information content (AvgIpc) is 3.44. The SMILES string of the molecule is CCNC(=NCC(c1ccco1)N1CCCC1)NC1CCN(C(=O)C(C)C)C1. The Labute approximate surface area is 168 Å². The Balaban J connectivity index is 1.62. The Morgan fingerprint density at radius 2 is 2.11 bits per heavy atom. The Morgan fingerprint density at radius 3 is 2.75 bits per heavy atom. The summed E-state index contributed by atoms with van der Waals surface area (Å²) in [5.74, 6) is 2.09. The van der Waals surface area contributed by atoms with Crippen LogP contribution in [0.1, 0.15) is 51.8 Å². The highest BCUT2D eigenvalue weighted by atomic mass is 16.3. The molecule has 0 saturated carbocycles. The predicted octanol–water partition coefficient (Wildman–Crippen LogP) is 2.23. The summed E-state index contributed by atoms with van der Waals surface area (Å²) in [5, 5.41) is 6.88. The number of nitrogens with one attached hydrogen (secondary N) is 2. The van der Waals surface area contributed by atoms with Crippen LogP contribution >= 0.6 is 0 Å². The van der Waals surface area contributed by atoms with Crippen LogP contribution in [0.3, 0.4) is 0 Å². The van der Waals surface area contributed by atoms with Crippen molar-refractivity contribution in [3.05, 3.63) is 24.2 Å². The highest BCUT2D eigenvalue weighted by molar-refractivity contribution is 5.81. The van der Waals surface area contributed by atoms with E-state index in [0.717, 1.165) is 50.9 Å². The molecule has 0 spiro atoms. The smallest absolute Gasteiger partial charge is 0.225 e. The van der Waals surface area contributed by atoms with Crippen molar-refractivity contribution in [1.29, 1.82) is 0 Å². The summed E-state index contributed by atoms with van der Waals surface area (Å²) in [5.41, 5.74) is 0. The number of guanidine groups is 1. The first-order chi connectivity index (χ1) is 13.6. The number of hydrogen-bond acceptors (Lipinski definition) is 4. The fourth-order valence-electron chi connectivity index (χ4n) is 4.05. The van der Waals surface area contributed by atoms with Crippen LogP contribution in [0.2, 0.25) is 0 Å². The zero-order valence-corrected chi connectivity index (χ0v) is 17.5. The van der Waals surface area contributed by atoms with Gasteiger partial charge in [0.1, 0.15) is 5.76 Å². The molecule has 2 atom stereocenters. The molecule has 3 heterocycles. The highest BCUT2D eigenvalue weighted by Gasteiger charge is 2.29. The van der Waals surface area contributed by atoms with Gasteiger partial charge in [-0.1, -0.05) is 13.8 Å². The van der Waals surface area contributed by atoms with Crippen LogP contribution < -0.4 is 10.6 Å². The van der Waals surface area contributed by atoms with Gasteiger partial charge in [-0.3, -0.25) is 14.7 Å². The van der Waals surface area contributed by atoms with Gasteiger partial charge in [0.2, 0.25) is 5.91 Å². The van der Waals surface area contributed by atoms with E-state index in [1.807, 2.05) is 30.9 Å². The Bertz CT molecular complexity index is 637. The van der Waals surface area contributed by atoms with Gasteiger partial charge in [-0.2, -0.15) is 0 Å². The van der Waals surface area contributed by atoms with Crippen LogP contribution in [0.5, 0.6) is 0 Å². The molecular weight excluding hydrogens is 354 g/mol. The first-order valence-corrected chi connectivity index (χ1v) is 10.7. The van der Waals surface area contributed by atoms with Gasteiger partial charge in [-0.15, -0.1) is 0 Å². The maximum atomic E-state index is 12.2. The van der Waals surface area contributed by atoms with Gasteiger partial charge in [-0.05, 0) is 51.4 Å². The molecule has 0 aromatic carbocycles. The molecule has 0 radical (unpaired) electrons. The molecule has 0 bridgehead atoms. The van der Waals surface area contributed by atoms with E-state index in [1.54, 1.807) is 6.26 Å². The first-order valence-electron chi connectivity index (χ1n) is 10.7. The van der Waals surface area contributed by atoms with Crippen molar-refractivity contribution in [2.45, 2.75) is 52.1 Å². The van der Waals surface area contributed by atoms with E-state index in [-0.39, 0.29) is 23.9 Å². The molecule has 2 aliphatic rings. The molecule has 7 nitrogen and oxygen atoms in total. The van der Waals surface area contributed by atoms with Crippen LogP contribution in [-0.4, -0.2) is 67.0 Å². The maximum absolute atomic E-state index is 12.2. The molecular formula is C21H35N5O2. The number of likely N-dealkylation sites (tertiary alicyclic amines) is 2. The summed E-state index contributed by atoms with van der Waals surface area (Å²) < 4.78 is 5.70. The number of nitrogens with zero attached hydrogens (tertiary/aromatic N) is 3. The lowest BCUT2D eigenvalue weighted by atomic mass is 10.2. The topological polar surface area (TPSA) is 73.1 Å². The second-order valence-corrected chi connectivity index (χ2v) is 8.06. The molecule has 2 aliphatic heterocycles. The van der Waals surface area contributed by atoms with E-state index in [2.05, 4.69) is 22.5 Å². The quantitative estimate of drug-likeness (QED) is 0.553. The van der Waals surface area contributed by atoms with E-state index >= 15 is 0 Å². The molecule has 2 saturated heterocycles. The number of aliphatic imine (C=N–C) groups is 1. The highest BCUT2D eigenvalue weighted by Crippen LogP contribution is 2.25. The minimum absolute atomic E-state index is 0.0511. The number of carbonyl (C=O) groups is 1. The molecule has 1 amide bonds. The third kappa shape index (κ3) is 5.28. The minimum atomic E-state index is 0.0511. The van der Waals surface area contributed by atoms with Gasteiger partial charge in [0, 0.05) is 31.6 Å². The van der Waals surface area contributed by atoms with Crippen molar-refractivity contribution in [1.82, 2.24) is 20.4 Å². The molecule has 0 aliphatic carbocycles. The number of furan rings is 1. The lowest BCUT2D eigenvalue weighted by molar-refractivity contribution is -0.133. The molecule has 1 aromatic heterocycles. The van der Waals surface area contributed by atoms with E-state index in [0.29, 0.717) is 6.54 Å². The van der Waals surface area contributed by atoms with Crippen molar-refractivity contribution >= 4 is 11.9 Å². The van der Waals surface area contributed by atoms with E-state index in [4.69, 9.17) is 9.41 Å². The van der Waals surface area contributed by atoms with Gasteiger partial charge in [0.15, 0.2) is 5.96 Å². The third-order valence-electron chi connectivity index (χ3n) is 5.55. The van der Waals surface area contributed by atoms with Gasteiger partial charge >= 0.3 is 0 Å². The number of amides is 1. The molecule has 1 aromatic rings. The van der Waals surface area contributed by atoms with Gasteiger partial charge in [0.25, 0.3) is 0 Å². The van der Waals surface area contributed by atoms with E-state index in [1.165, 1.54) is 12.8 Å². The first kappa shape index (κ1) is 20.7. The molecule has 7 heteroatoms. The van der Waals surface area contributed by atoms with Crippen molar-refractivity contribution in [2.24, 2.45) is 10.9 Å². The minimum Gasteiger partial charge on any atom is -0.468 e. The monoisotopic (exact) mass is 389 g/mol. The number of hydrogen-bond donors (Lipinski definition) is 2. The normalized spacial score (nSPS) is 22.1. The summed E-state index contributed by atoms with van der Waals surface area (Å²) in [6, 6.07) is 4.42. The predicted molar refractivity (Wildman–Crippen MR) is 111 cm³/mol. The molecule has 2 fully saturated rings. The Hall–Kier alpha value is -2.02. The van der Waals surface area contributed by atoms with Crippen molar-refractivity contribution in [3.8, 4) is 0 Å². The lowest BCUT2D eigenvalue weighted by Crippen LogP contribution is -2.45. The summed E-state index contributed by atoms with van der Waals surface area (Å²) in [7, 11) is 0. The van der Waals surface area contributed by atoms with Crippen LogP contribution in [0.25, 0.3) is 0 Å². The fraction of sp³-hybridized carbons (Fsp3) is 0.714. The molecule has 28 heavy (non-hydrogen) atoms. The number of rotatable bonds is 7. The molecule has 156 valence electrons. The van der Waals surface area contributed by atoms with Crippen molar-refractivity contribution in [2.75, 3.05) is 39.3 Å². The van der Waals surface area contributed by atoms with Crippen LogP contribution in [-0.2, 0) is 4.79 Å². The van der Waals surface area contributed by atoms with Crippen LogP contribution in [0.4, 0.5) is 0 Å². The van der Waals surface area contributed by atoms with Crippen molar-refractivity contribution in [3.63, 3.8) is 0 Å². The maximum Gasteiger partial charge on any atom is 0.225 e. The molecule has 3 rings (SSSR count). The van der Waals surface area contributed by atoms with Gasteiger partial charge in [-0.25, -0.2) is 0 Å². The molecule has 2 unspecified atom stereocenters. The van der Waals surface area contributed by atoms with Crippen molar-refractivity contribution < 1.29 is 9.21 Å². The van der Waals surface area contributed by atoms with Crippen LogP contribution in [0.15, 0.2) is 27.8 Å². The average molecular weight is 390 g/mol. The summed E-state index contributed by atoms with van der Waals surface area (Å²) in [6.07, 6.45) is 5.17. The summed E-state index contributed by atoms with van der Waals surface area (Å²) in [6.45, 7) is 11.2. The third-order valence-corrected chi connectivity index (χ3v) is 5.55. The molecule has 2 N–H and O–H groups in total. The van der Waals surface area contributed by atoms with E-state index in [9.17, 15) is 4.79 Å². The van der Waals surface area contributed by atoms with Gasteiger partial charge < -0.3 is 20.0 Å². The Kier molecular flexibility index (Phi) is 7.36. The largest absolute Gasteiger partial charge is 0.468 e. The summed E-state index contributed by atoms with van der Waals surface area (Å²) in [4.78, 5) is 21.5. The summed E-state index contributed by atoms with van der Waals surface area (Å²) >= 11 is 0. The van der Waals surface area contributed by atoms with Gasteiger partial charge in [0.05, 0.1) is 18.8 Å². The van der Waals surface area contributed by atoms with Crippen LogP contribution in [0, 0.1) is 5.92 Å². The standard InChI is InChI=1S/C21H35N5O2/c1-4-22-21(24-17-9-12-26(15-17)20(27)16(2)3)23-14-18(19-8-7-13-28-19)25-10-5-6-11-25/h7-8,13,16-18H,4-6,9-12,14-15H2,1-3H3,(H2,22,23,24). The fourth-order valence-corrected chi connectivity index (χ4v) is 4.05. The number of carbonyl (C=O) groups excluding carboxylic acids is 1. The second kappa shape index (κ2) is 9.96. The lowest BCUT2D eigenvalue weighted by Gasteiger charge is -2.25.